The lowest BCUT2D eigenvalue weighted by Gasteiger charge is -2.20. The molecule has 0 aliphatic carbocycles. The van der Waals surface area contributed by atoms with Crippen LogP contribution in [0, 0.1) is 5.92 Å². The van der Waals surface area contributed by atoms with Gasteiger partial charge in [0.05, 0.1) is 6.42 Å². The molecule has 0 rings (SSSR count). The molecule has 0 spiro atoms. The summed E-state index contributed by atoms with van der Waals surface area (Å²) in [4.78, 5) is 24.0. The van der Waals surface area contributed by atoms with Crippen molar-refractivity contribution < 1.29 is 22.8 Å². The zero-order valence-electron chi connectivity index (χ0n) is 9.60. The Labute approximate surface area is 92.6 Å². The fourth-order valence-corrected chi connectivity index (χ4v) is 1.32. The number of alkyl halides is 3. The zero-order chi connectivity index (χ0) is 12.9. The van der Waals surface area contributed by atoms with Gasteiger partial charge < -0.3 is 4.90 Å². The van der Waals surface area contributed by atoms with E-state index in [4.69, 9.17) is 0 Å². The molecule has 0 radical (unpaired) electrons. The molecule has 6 heteroatoms. The van der Waals surface area contributed by atoms with Gasteiger partial charge in [0.2, 0.25) is 5.78 Å². The number of rotatable bonds is 5. The number of hydrogen-bond donors (Lipinski definition) is 0. The Morgan fingerprint density at radius 2 is 1.62 bits per heavy atom. The third-order valence-electron chi connectivity index (χ3n) is 2.25. The molecule has 0 aromatic heterocycles. The topological polar surface area (TPSA) is 37.4 Å². The van der Waals surface area contributed by atoms with E-state index in [0.717, 1.165) is 6.92 Å². The molecule has 0 aromatic carbocycles. The van der Waals surface area contributed by atoms with Crippen molar-refractivity contribution in [1.82, 2.24) is 4.90 Å². The number of ketones is 1. The Bertz CT molecular complexity index is 259. The lowest BCUT2D eigenvalue weighted by molar-refractivity contribution is -0.158. The number of halogens is 3. The fraction of sp³-hybridized carbons (Fsp3) is 0.800. The number of amides is 1. The van der Waals surface area contributed by atoms with Crippen molar-refractivity contribution in [3.05, 3.63) is 0 Å². The summed E-state index contributed by atoms with van der Waals surface area (Å²) in [6.45, 7) is 5.10. The van der Waals surface area contributed by atoms with E-state index in [-0.39, 0.29) is 0 Å². The minimum Gasteiger partial charge on any atom is -0.337 e. The van der Waals surface area contributed by atoms with Gasteiger partial charge in [-0.15, -0.1) is 0 Å². The Kier molecular flexibility index (Phi) is 5.47. The number of carbonyl (C=O) groups is 2. The summed E-state index contributed by atoms with van der Waals surface area (Å²) in [5.41, 5.74) is 0. The number of hydrogen-bond acceptors (Lipinski definition) is 2. The van der Waals surface area contributed by atoms with Gasteiger partial charge in [0, 0.05) is 19.0 Å². The molecule has 0 N–H and O–H groups in total. The maximum atomic E-state index is 12.0. The molecular formula is C10H16F3NO2. The molecule has 3 nitrogen and oxygen atoms in total. The van der Waals surface area contributed by atoms with Crippen LogP contribution in [0.3, 0.4) is 0 Å². The van der Waals surface area contributed by atoms with Crippen LogP contribution in [0.1, 0.15) is 27.2 Å². The van der Waals surface area contributed by atoms with Crippen LogP contribution in [-0.4, -0.2) is 35.9 Å². The summed E-state index contributed by atoms with van der Waals surface area (Å²) in [5, 5.41) is 0. The Morgan fingerprint density at radius 1 is 1.19 bits per heavy atom. The molecule has 0 fully saturated rings. The van der Waals surface area contributed by atoms with E-state index in [1.807, 2.05) is 0 Å². The monoisotopic (exact) mass is 239 g/mol. The van der Waals surface area contributed by atoms with Crippen LogP contribution in [0.5, 0.6) is 0 Å². The molecular weight excluding hydrogens is 223 g/mol. The van der Waals surface area contributed by atoms with E-state index < -0.39 is 30.2 Å². The third kappa shape index (κ3) is 4.63. The number of carbonyl (C=O) groups excluding carboxylic acids is 2. The van der Waals surface area contributed by atoms with Gasteiger partial charge in [-0.3, -0.25) is 9.59 Å². The molecule has 0 aliphatic rings. The molecule has 1 atom stereocenters. The van der Waals surface area contributed by atoms with Crippen LogP contribution in [-0.2, 0) is 9.59 Å². The quantitative estimate of drug-likeness (QED) is 0.688. The zero-order valence-corrected chi connectivity index (χ0v) is 9.60. The summed E-state index contributed by atoms with van der Waals surface area (Å²) in [6.07, 6.45) is -5.67. The summed E-state index contributed by atoms with van der Waals surface area (Å²) in [6, 6.07) is 0. The standard InChI is InChI=1S/C10H16F3NO2/c1-4-14(5-2)9(16)8(15)7(3)6-10(11,12)13/h7H,4-6H2,1-3H3. The average molecular weight is 239 g/mol. The van der Waals surface area contributed by atoms with Crippen molar-refractivity contribution in [2.45, 2.75) is 33.4 Å². The van der Waals surface area contributed by atoms with Crippen LogP contribution in [0.25, 0.3) is 0 Å². The summed E-state index contributed by atoms with van der Waals surface area (Å²) in [5.74, 6) is -3.11. The van der Waals surface area contributed by atoms with Crippen LogP contribution in [0.4, 0.5) is 13.2 Å². The van der Waals surface area contributed by atoms with Crippen molar-refractivity contribution in [2.24, 2.45) is 5.92 Å². The SMILES string of the molecule is CCN(CC)C(=O)C(=O)C(C)CC(F)(F)F. The molecule has 0 aliphatic heterocycles. The largest absolute Gasteiger partial charge is 0.389 e. The molecule has 1 unspecified atom stereocenters. The molecule has 16 heavy (non-hydrogen) atoms. The van der Waals surface area contributed by atoms with E-state index in [1.54, 1.807) is 13.8 Å². The highest BCUT2D eigenvalue weighted by atomic mass is 19.4. The van der Waals surface area contributed by atoms with Gasteiger partial charge in [-0.05, 0) is 13.8 Å². The third-order valence-corrected chi connectivity index (χ3v) is 2.25. The molecule has 0 aromatic rings. The number of Topliss-reactive ketones (excluding diaryl/α,β-unsaturated/α-hetero) is 1. The van der Waals surface area contributed by atoms with E-state index in [1.165, 1.54) is 4.90 Å². The first-order chi connectivity index (χ1) is 7.22. The smallest absolute Gasteiger partial charge is 0.337 e. The minimum absolute atomic E-state index is 0.319. The van der Waals surface area contributed by atoms with Crippen LogP contribution < -0.4 is 0 Å². The first-order valence-corrected chi connectivity index (χ1v) is 5.12. The van der Waals surface area contributed by atoms with Crippen molar-refractivity contribution >= 4 is 11.7 Å². The van der Waals surface area contributed by atoms with Crippen LogP contribution in [0.2, 0.25) is 0 Å². The maximum Gasteiger partial charge on any atom is 0.389 e. The summed E-state index contributed by atoms with van der Waals surface area (Å²) >= 11 is 0. The van der Waals surface area contributed by atoms with Gasteiger partial charge >= 0.3 is 6.18 Å². The summed E-state index contributed by atoms with van der Waals surface area (Å²) < 4.78 is 36.1. The van der Waals surface area contributed by atoms with Gasteiger partial charge in [-0.25, -0.2) is 0 Å². The molecule has 94 valence electrons. The highest BCUT2D eigenvalue weighted by Gasteiger charge is 2.35. The molecule has 0 saturated heterocycles. The Hall–Kier alpha value is -1.07. The first kappa shape index (κ1) is 14.9. The Morgan fingerprint density at radius 3 is 1.94 bits per heavy atom. The minimum atomic E-state index is -4.42. The van der Waals surface area contributed by atoms with E-state index in [0.29, 0.717) is 13.1 Å². The van der Waals surface area contributed by atoms with Gasteiger partial charge in [-0.2, -0.15) is 13.2 Å². The van der Waals surface area contributed by atoms with Crippen molar-refractivity contribution in [3.8, 4) is 0 Å². The van der Waals surface area contributed by atoms with Crippen molar-refractivity contribution in [1.29, 1.82) is 0 Å². The van der Waals surface area contributed by atoms with E-state index in [2.05, 4.69) is 0 Å². The second-order valence-electron chi connectivity index (χ2n) is 3.56. The average Bonchev–Trinajstić information content (AvgIpc) is 2.15. The summed E-state index contributed by atoms with van der Waals surface area (Å²) in [7, 11) is 0. The first-order valence-electron chi connectivity index (χ1n) is 5.12. The predicted molar refractivity (Wildman–Crippen MR) is 52.8 cm³/mol. The molecule has 0 bridgehead atoms. The number of likely N-dealkylation sites (N-methyl/N-ethyl adjacent to an activating group) is 1. The second-order valence-corrected chi connectivity index (χ2v) is 3.56. The molecule has 1 amide bonds. The van der Waals surface area contributed by atoms with Crippen LogP contribution >= 0.6 is 0 Å². The fourth-order valence-electron chi connectivity index (χ4n) is 1.32. The van der Waals surface area contributed by atoms with E-state index in [9.17, 15) is 22.8 Å². The predicted octanol–water partition coefficient (Wildman–Crippen LogP) is 2.01. The van der Waals surface area contributed by atoms with E-state index >= 15 is 0 Å². The van der Waals surface area contributed by atoms with Crippen molar-refractivity contribution in [2.75, 3.05) is 13.1 Å². The van der Waals surface area contributed by atoms with Crippen molar-refractivity contribution in [3.63, 3.8) is 0 Å². The Balaban J connectivity index is 4.49. The highest BCUT2D eigenvalue weighted by molar-refractivity contribution is 6.36. The normalized spacial score (nSPS) is 13.4. The van der Waals surface area contributed by atoms with Gasteiger partial charge in [0.15, 0.2) is 0 Å². The number of nitrogens with zero attached hydrogens (tertiary/aromatic N) is 1. The van der Waals surface area contributed by atoms with Crippen LogP contribution in [0.15, 0.2) is 0 Å². The second kappa shape index (κ2) is 5.86. The highest BCUT2D eigenvalue weighted by Crippen LogP contribution is 2.25. The molecule has 0 heterocycles. The molecule has 0 saturated carbocycles. The van der Waals surface area contributed by atoms with Gasteiger partial charge in [0.1, 0.15) is 0 Å². The van der Waals surface area contributed by atoms with Gasteiger partial charge in [-0.1, -0.05) is 6.92 Å². The van der Waals surface area contributed by atoms with Gasteiger partial charge in [0.25, 0.3) is 5.91 Å². The maximum absolute atomic E-state index is 12.0. The lowest BCUT2D eigenvalue weighted by Crippen LogP contribution is -2.39. The lowest BCUT2D eigenvalue weighted by atomic mass is 10.0.